The van der Waals surface area contributed by atoms with Gasteiger partial charge in [-0.05, 0) is 31.9 Å². The highest BCUT2D eigenvalue weighted by Crippen LogP contribution is 2.20. The highest BCUT2D eigenvalue weighted by molar-refractivity contribution is 6.30. The average molecular weight is 399 g/mol. The third kappa shape index (κ3) is 5.63. The van der Waals surface area contributed by atoms with E-state index in [2.05, 4.69) is 15.0 Å². The lowest BCUT2D eigenvalue weighted by atomic mass is 10.0. The summed E-state index contributed by atoms with van der Waals surface area (Å²) in [7, 11) is 0. The number of ether oxygens (including phenoxy) is 1. The Morgan fingerprint density at radius 2 is 2.14 bits per heavy atom. The number of allylic oxidation sites excluding steroid dienone is 3. The van der Waals surface area contributed by atoms with Gasteiger partial charge in [-0.3, -0.25) is 4.79 Å². The molecule has 1 aliphatic rings. The van der Waals surface area contributed by atoms with Crippen molar-refractivity contribution in [2.75, 3.05) is 13.1 Å². The number of amides is 1. The molecule has 6 nitrogen and oxygen atoms in total. The van der Waals surface area contributed by atoms with Gasteiger partial charge in [0.1, 0.15) is 11.9 Å². The van der Waals surface area contributed by atoms with Crippen LogP contribution in [-0.2, 0) is 11.2 Å². The molecule has 0 N–H and O–H groups in total. The van der Waals surface area contributed by atoms with Gasteiger partial charge in [0, 0.05) is 43.2 Å². The minimum Gasteiger partial charge on any atom is -0.472 e. The first-order chi connectivity index (χ1) is 13.7. The smallest absolute Gasteiger partial charge is 0.250 e. The van der Waals surface area contributed by atoms with E-state index in [9.17, 15) is 4.79 Å². The van der Waals surface area contributed by atoms with E-state index in [1.54, 1.807) is 36.8 Å². The second-order valence-electron chi connectivity index (χ2n) is 6.51. The summed E-state index contributed by atoms with van der Waals surface area (Å²) in [5.41, 5.74) is 0.662. The summed E-state index contributed by atoms with van der Waals surface area (Å²) >= 11 is 5.87. The van der Waals surface area contributed by atoms with Crippen LogP contribution in [0.2, 0.25) is 5.02 Å². The van der Waals surface area contributed by atoms with Crippen LogP contribution in [0, 0.1) is 0 Å². The van der Waals surface area contributed by atoms with Gasteiger partial charge in [0.15, 0.2) is 0 Å². The van der Waals surface area contributed by atoms with Crippen molar-refractivity contribution >= 4 is 17.5 Å². The molecule has 1 saturated heterocycles. The summed E-state index contributed by atoms with van der Waals surface area (Å²) < 4.78 is 5.95. The van der Waals surface area contributed by atoms with Crippen LogP contribution in [0.1, 0.15) is 25.6 Å². The number of carbonyl (C=O) groups is 1. The Morgan fingerprint density at radius 3 is 2.86 bits per heavy atom. The molecule has 0 aliphatic carbocycles. The fourth-order valence-electron chi connectivity index (χ4n) is 3.03. The van der Waals surface area contributed by atoms with Crippen LogP contribution in [0.15, 0.2) is 60.6 Å². The van der Waals surface area contributed by atoms with E-state index in [1.807, 2.05) is 30.1 Å². The van der Waals surface area contributed by atoms with Gasteiger partial charge in [0.05, 0.1) is 11.6 Å². The first-order valence-corrected chi connectivity index (χ1v) is 9.68. The molecule has 28 heavy (non-hydrogen) atoms. The zero-order valence-corrected chi connectivity index (χ0v) is 16.5. The fourth-order valence-corrected chi connectivity index (χ4v) is 3.15. The van der Waals surface area contributed by atoms with Crippen LogP contribution in [0.3, 0.4) is 0 Å². The van der Waals surface area contributed by atoms with Crippen LogP contribution >= 0.6 is 11.6 Å². The number of hydrogen-bond acceptors (Lipinski definition) is 5. The van der Waals surface area contributed by atoms with Gasteiger partial charge in [-0.15, -0.1) is 0 Å². The molecule has 1 aliphatic heterocycles. The summed E-state index contributed by atoms with van der Waals surface area (Å²) in [6.45, 7) is 3.14. The molecule has 0 bridgehead atoms. The summed E-state index contributed by atoms with van der Waals surface area (Å²) in [5.74, 6) is 1.13. The second kappa shape index (κ2) is 9.99. The number of hydrogen-bond donors (Lipinski definition) is 0. The molecule has 1 unspecified atom stereocenters. The molecule has 3 heterocycles. The Bertz CT molecular complexity index is 837. The highest BCUT2D eigenvalue weighted by atomic mass is 35.5. The molecule has 0 spiro atoms. The number of carbonyl (C=O) groups excluding carboxylic acids is 1. The van der Waals surface area contributed by atoms with Gasteiger partial charge >= 0.3 is 0 Å². The fraction of sp³-hybridized carbons (Fsp3) is 0.333. The third-order valence-corrected chi connectivity index (χ3v) is 4.61. The monoisotopic (exact) mass is 398 g/mol. The summed E-state index contributed by atoms with van der Waals surface area (Å²) in [6, 6.07) is 5.25. The van der Waals surface area contributed by atoms with E-state index in [4.69, 9.17) is 16.3 Å². The highest BCUT2D eigenvalue weighted by Gasteiger charge is 2.27. The molecule has 0 aromatic carbocycles. The van der Waals surface area contributed by atoms with Crippen molar-refractivity contribution in [3.8, 4) is 5.88 Å². The van der Waals surface area contributed by atoms with Crippen LogP contribution in [-0.4, -0.2) is 45.0 Å². The van der Waals surface area contributed by atoms with Crippen LogP contribution in [0.25, 0.3) is 0 Å². The minimum absolute atomic E-state index is 0.0112. The Balaban J connectivity index is 1.68. The largest absolute Gasteiger partial charge is 0.472 e. The third-order valence-electron chi connectivity index (χ3n) is 4.39. The van der Waals surface area contributed by atoms with Crippen LogP contribution < -0.4 is 4.74 Å². The average Bonchev–Trinajstić information content (AvgIpc) is 2.73. The lowest BCUT2D eigenvalue weighted by Crippen LogP contribution is -2.45. The standard InChI is InChI=1S/C21H23ClN4O2/c1-2-3-6-16(13-19-23-10-5-11-24-19)21(27)26-12-4-7-18(15-26)28-20-9-8-17(22)14-25-20/h2-3,5-6,8-11,14,18H,4,7,12-13,15H2,1H3/b3-2-,16-6+. The molecule has 146 valence electrons. The number of piperidine rings is 1. The van der Waals surface area contributed by atoms with Crippen molar-refractivity contribution in [2.24, 2.45) is 0 Å². The first kappa shape index (κ1) is 20.0. The molecule has 1 atom stereocenters. The molecular formula is C21H23ClN4O2. The van der Waals surface area contributed by atoms with Gasteiger partial charge < -0.3 is 9.64 Å². The van der Waals surface area contributed by atoms with Gasteiger partial charge in [-0.25, -0.2) is 15.0 Å². The molecule has 1 fully saturated rings. The van der Waals surface area contributed by atoms with E-state index in [0.29, 0.717) is 41.8 Å². The second-order valence-corrected chi connectivity index (χ2v) is 6.94. The van der Waals surface area contributed by atoms with Crippen LogP contribution in [0.4, 0.5) is 0 Å². The van der Waals surface area contributed by atoms with Crippen molar-refractivity contribution in [1.82, 2.24) is 19.9 Å². The number of nitrogens with zero attached hydrogens (tertiary/aromatic N) is 4. The molecule has 0 radical (unpaired) electrons. The molecule has 0 saturated carbocycles. The van der Waals surface area contributed by atoms with Gasteiger partial charge in [0.2, 0.25) is 11.8 Å². The van der Waals surface area contributed by atoms with Crippen LogP contribution in [0.5, 0.6) is 5.88 Å². The van der Waals surface area contributed by atoms with E-state index in [1.165, 1.54) is 0 Å². The van der Waals surface area contributed by atoms with E-state index in [0.717, 1.165) is 12.8 Å². The summed E-state index contributed by atoms with van der Waals surface area (Å²) in [6.07, 6.45) is 12.6. The first-order valence-electron chi connectivity index (χ1n) is 9.31. The summed E-state index contributed by atoms with van der Waals surface area (Å²) in [4.78, 5) is 27.6. The number of aromatic nitrogens is 3. The lowest BCUT2D eigenvalue weighted by Gasteiger charge is -2.33. The maximum Gasteiger partial charge on any atom is 0.250 e. The van der Waals surface area contributed by atoms with Gasteiger partial charge in [-0.2, -0.15) is 0 Å². The minimum atomic E-state index is -0.0951. The van der Waals surface area contributed by atoms with Gasteiger partial charge in [-0.1, -0.05) is 29.8 Å². The maximum absolute atomic E-state index is 13.1. The number of likely N-dealkylation sites (tertiary alicyclic amines) is 1. The molecule has 7 heteroatoms. The molecule has 2 aromatic heterocycles. The summed E-state index contributed by atoms with van der Waals surface area (Å²) in [5, 5.41) is 0.565. The van der Waals surface area contributed by atoms with E-state index >= 15 is 0 Å². The number of halogens is 1. The van der Waals surface area contributed by atoms with Crippen molar-refractivity contribution in [1.29, 1.82) is 0 Å². The molecule has 1 amide bonds. The molecule has 2 aromatic rings. The predicted molar refractivity (Wildman–Crippen MR) is 108 cm³/mol. The zero-order valence-electron chi connectivity index (χ0n) is 15.8. The Hall–Kier alpha value is -2.73. The quantitative estimate of drug-likeness (QED) is 0.549. The normalized spacial score (nSPS) is 17.7. The number of pyridine rings is 1. The van der Waals surface area contributed by atoms with Gasteiger partial charge in [0.25, 0.3) is 0 Å². The van der Waals surface area contributed by atoms with Crippen molar-refractivity contribution < 1.29 is 9.53 Å². The van der Waals surface area contributed by atoms with Crippen molar-refractivity contribution in [3.05, 3.63) is 71.4 Å². The Labute approximate surface area is 169 Å². The maximum atomic E-state index is 13.1. The van der Waals surface area contributed by atoms with E-state index < -0.39 is 0 Å². The lowest BCUT2D eigenvalue weighted by molar-refractivity contribution is -0.129. The predicted octanol–water partition coefficient (Wildman–Crippen LogP) is 3.64. The molecule has 3 rings (SSSR count). The molecular weight excluding hydrogens is 376 g/mol. The SMILES string of the molecule is C/C=C\C=C(/Cc1ncccn1)C(=O)N1CCCC(Oc2ccc(Cl)cn2)C1. The number of rotatable bonds is 6. The van der Waals surface area contributed by atoms with Crippen molar-refractivity contribution in [3.63, 3.8) is 0 Å². The zero-order chi connectivity index (χ0) is 19.8. The topological polar surface area (TPSA) is 68.2 Å². The van der Waals surface area contributed by atoms with Crippen molar-refractivity contribution in [2.45, 2.75) is 32.3 Å². The van der Waals surface area contributed by atoms with E-state index in [-0.39, 0.29) is 12.0 Å². The Kier molecular flexibility index (Phi) is 7.14. The Morgan fingerprint density at radius 1 is 1.32 bits per heavy atom.